The molecule has 6 heteroatoms. The van der Waals surface area contributed by atoms with Gasteiger partial charge in [0.2, 0.25) is 0 Å². The molecule has 4 rings (SSSR count). The van der Waals surface area contributed by atoms with Crippen molar-refractivity contribution >= 4 is 0 Å². The maximum absolute atomic E-state index is 12.5. The van der Waals surface area contributed by atoms with Crippen molar-refractivity contribution in [1.29, 1.82) is 0 Å². The largest absolute Gasteiger partial charge is 0.302 e. The summed E-state index contributed by atoms with van der Waals surface area (Å²) in [5, 5.41) is 0. The van der Waals surface area contributed by atoms with Gasteiger partial charge < -0.3 is 9.80 Å². The summed E-state index contributed by atoms with van der Waals surface area (Å²) in [5.41, 5.74) is 1.68. The third-order valence-corrected chi connectivity index (χ3v) is 5.95. The molecule has 2 fully saturated rings. The topological polar surface area (TPSA) is 54.3 Å². The van der Waals surface area contributed by atoms with Crippen LogP contribution >= 0.6 is 0 Å². The Hall–Kier alpha value is -2.05. The lowest BCUT2D eigenvalue weighted by Crippen LogP contribution is -2.40. The molecule has 2 aromatic rings. The highest BCUT2D eigenvalue weighted by molar-refractivity contribution is 5.57. The minimum atomic E-state index is 0.0354. The first kappa shape index (κ1) is 18.3. The number of rotatable bonds is 6. The lowest BCUT2D eigenvalue weighted by molar-refractivity contribution is 0.155. The summed E-state index contributed by atoms with van der Waals surface area (Å²) in [5.74, 6) is 0.569. The van der Waals surface area contributed by atoms with Crippen LogP contribution in [0.2, 0.25) is 0 Å². The third kappa shape index (κ3) is 4.82. The number of pyridine rings is 1. The highest BCUT2D eigenvalue weighted by Crippen LogP contribution is 2.19. The normalized spacial score (nSPS) is 19.6. The molecule has 2 aliphatic rings. The van der Waals surface area contributed by atoms with Gasteiger partial charge in [-0.05, 0) is 69.9 Å². The van der Waals surface area contributed by atoms with Crippen LogP contribution < -0.4 is 5.56 Å². The van der Waals surface area contributed by atoms with Gasteiger partial charge in [0, 0.05) is 43.7 Å². The molecular weight excluding hydrogens is 338 g/mol. The number of hydrogen-bond acceptors (Lipinski definition) is 5. The average Bonchev–Trinajstić information content (AvgIpc) is 3.23. The van der Waals surface area contributed by atoms with Crippen LogP contribution in [0.1, 0.15) is 25.7 Å². The molecule has 0 radical (unpaired) electrons. The molecule has 2 aromatic heterocycles. The van der Waals surface area contributed by atoms with Gasteiger partial charge in [0.25, 0.3) is 5.56 Å². The molecule has 2 saturated heterocycles. The highest BCUT2D eigenvalue weighted by Gasteiger charge is 2.21. The van der Waals surface area contributed by atoms with Crippen molar-refractivity contribution in [2.75, 3.05) is 39.3 Å². The third-order valence-electron chi connectivity index (χ3n) is 5.95. The Morgan fingerprint density at radius 3 is 2.30 bits per heavy atom. The van der Waals surface area contributed by atoms with E-state index in [1.54, 1.807) is 29.4 Å². The SMILES string of the molecule is O=c1cc(-c2ccncc2)ncn1CC1CCN(CCN2CCCC2)CC1. The lowest BCUT2D eigenvalue weighted by Gasteiger charge is -2.33. The average molecular weight is 367 g/mol. The van der Waals surface area contributed by atoms with Crippen LogP contribution in [0.4, 0.5) is 0 Å². The predicted octanol–water partition coefficient (Wildman–Crippen LogP) is 2.11. The fourth-order valence-corrected chi connectivity index (χ4v) is 4.20. The van der Waals surface area contributed by atoms with E-state index in [1.807, 2.05) is 12.1 Å². The molecule has 6 nitrogen and oxygen atoms in total. The van der Waals surface area contributed by atoms with Crippen molar-refractivity contribution in [3.8, 4) is 11.3 Å². The molecule has 0 aliphatic carbocycles. The van der Waals surface area contributed by atoms with Gasteiger partial charge >= 0.3 is 0 Å². The molecule has 0 bridgehead atoms. The fraction of sp³-hybridized carbons (Fsp3) is 0.571. The predicted molar refractivity (Wildman–Crippen MR) is 107 cm³/mol. The first-order valence-corrected chi connectivity index (χ1v) is 10.2. The molecule has 0 spiro atoms. The zero-order valence-corrected chi connectivity index (χ0v) is 16.0. The first-order valence-electron chi connectivity index (χ1n) is 10.2. The number of nitrogens with zero attached hydrogens (tertiary/aromatic N) is 5. The molecule has 2 aliphatic heterocycles. The van der Waals surface area contributed by atoms with E-state index >= 15 is 0 Å². The van der Waals surface area contributed by atoms with Gasteiger partial charge in [-0.25, -0.2) is 4.98 Å². The minimum absolute atomic E-state index is 0.0354. The number of likely N-dealkylation sites (tertiary alicyclic amines) is 2. The van der Waals surface area contributed by atoms with Crippen molar-refractivity contribution in [2.24, 2.45) is 5.92 Å². The van der Waals surface area contributed by atoms with E-state index in [9.17, 15) is 4.79 Å². The van der Waals surface area contributed by atoms with Crippen molar-refractivity contribution in [1.82, 2.24) is 24.3 Å². The van der Waals surface area contributed by atoms with Gasteiger partial charge in [0.1, 0.15) is 0 Å². The zero-order chi connectivity index (χ0) is 18.5. The Labute approximate surface area is 160 Å². The van der Waals surface area contributed by atoms with Gasteiger partial charge in [-0.3, -0.25) is 14.3 Å². The molecule has 27 heavy (non-hydrogen) atoms. The quantitative estimate of drug-likeness (QED) is 0.783. The smallest absolute Gasteiger partial charge is 0.253 e. The van der Waals surface area contributed by atoms with Crippen molar-refractivity contribution in [3.63, 3.8) is 0 Å². The molecule has 0 aromatic carbocycles. The Balaban J connectivity index is 1.28. The highest BCUT2D eigenvalue weighted by atomic mass is 16.1. The molecule has 0 unspecified atom stereocenters. The molecule has 144 valence electrons. The zero-order valence-electron chi connectivity index (χ0n) is 16.0. The van der Waals surface area contributed by atoms with Crippen LogP contribution in [0.15, 0.2) is 41.7 Å². The molecule has 0 saturated carbocycles. The van der Waals surface area contributed by atoms with Gasteiger partial charge in [0.05, 0.1) is 12.0 Å². The van der Waals surface area contributed by atoms with E-state index in [0.717, 1.165) is 30.9 Å². The summed E-state index contributed by atoms with van der Waals surface area (Å²) in [7, 11) is 0. The van der Waals surface area contributed by atoms with E-state index < -0.39 is 0 Å². The van der Waals surface area contributed by atoms with Crippen LogP contribution in [0.25, 0.3) is 11.3 Å². The number of hydrogen-bond donors (Lipinski definition) is 0. The summed E-state index contributed by atoms with van der Waals surface area (Å²) in [6.07, 6.45) is 10.2. The van der Waals surface area contributed by atoms with Gasteiger partial charge in [-0.2, -0.15) is 0 Å². The van der Waals surface area contributed by atoms with Gasteiger partial charge in [-0.1, -0.05) is 0 Å². The van der Waals surface area contributed by atoms with Gasteiger partial charge in [0.15, 0.2) is 0 Å². The Bertz CT molecular complexity index is 777. The summed E-state index contributed by atoms with van der Waals surface area (Å²) in [6.45, 7) is 8.04. The van der Waals surface area contributed by atoms with Crippen molar-refractivity contribution < 1.29 is 0 Å². The Morgan fingerprint density at radius 1 is 0.963 bits per heavy atom. The number of piperidine rings is 1. The van der Waals surface area contributed by atoms with Crippen LogP contribution in [0.3, 0.4) is 0 Å². The molecule has 4 heterocycles. The summed E-state index contributed by atoms with van der Waals surface area (Å²) in [6, 6.07) is 5.40. The summed E-state index contributed by atoms with van der Waals surface area (Å²) < 4.78 is 1.77. The second kappa shape index (κ2) is 8.76. The van der Waals surface area contributed by atoms with Crippen molar-refractivity contribution in [2.45, 2.75) is 32.2 Å². The molecule has 0 atom stereocenters. The van der Waals surface area contributed by atoms with E-state index in [4.69, 9.17) is 0 Å². The summed E-state index contributed by atoms with van der Waals surface area (Å²) >= 11 is 0. The first-order chi connectivity index (χ1) is 13.3. The summed E-state index contributed by atoms with van der Waals surface area (Å²) in [4.78, 5) is 26.2. The second-order valence-electron chi connectivity index (χ2n) is 7.83. The van der Waals surface area contributed by atoms with E-state index in [0.29, 0.717) is 5.92 Å². The monoisotopic (exact) mass is 367 g/mol. The molecule has 0 amide bonds. The van der Waals surface area contributed by atoms with Crippen LogP contribution in [0, 0.1) is 5.92 Å². The van der Waals surface area contributed by atoms with Gasteiger partial charge in [-0.15, -0.1) is 0 Å². The van der Waals surface area contributed by atoms with E-state index in [2.05, 4.69) is 19.8 Å². The second-order valence-corrected chi connectivity index (χ2v) is 7.83. The molecule has 0 N–H and O–H groups in total. The standard InChI is InChI=1S/C21H29N5O/c27-21-15-20(19-3-7-22-8-4-19)23-17-26(21)16-18-5-11-25(12-6-18)14-13-24-9-1-2-10-24/h3-4,7-8,15,17-18H,1-2,5-6,9-14,16H2. The van der Waals surface area contributed by atoms with E-state index in [1.165, 1.54) is 51.9 Å². The van der Waals surface area contributed by atoms with Crippen LogP contribution in [0.5, 0.6) is 0 Å². The molecular formula is C21H29N5O. The van der Waals surface area contributed by atoms with Crippen molar-refractivity contribution in [3.05, 3.63) is 47.3 Å². The van der Waals surface area contributed by atoms with E-state index in [-0.39, 0.29) is 5.56 Å². The lowest BCUT2D eigenvalue weighted by atomic mass is 9.96. The van der Waals surface area contributed by atoms with Crippen LogP contribution in [-0.4, -0.2) is 63.6 Å². The Kier molecular flexibility index (Phi) is 5.94. The maximum atomic E-state index is 12.5. The Morgan fingerprint density at radius 2 is 1.63 bits per heavy atom. The number of aromatic nitrogens is 3. The maximum Gasteiger partial charge on any atom is 0.253 e. The minimum Gasteiger partial charge on any atom is -0.302 e. The van der Waals surface area contributed by atoms with Crippen LogP contribution in [-0.2, 0) is 6.54 Å². The fourth-order valence-electron chi connectivity index (χ4n) is 4.20.